The molecule has 1 rings (SSSR count). The highest BCUT2D eigenvalue weighted by molar-refractivity contribution is 5.94. The fraction of sp³-hybridized carbons (Fsp3) is 0.667. The van der Waals surface area contributed by atoms with Crippen LogP contribution < -0.4 is 0 Å². The number of likely N-dealkylation sites (tertiary alicyclic amines) is 1. The predicted molar refractivity (Wildman–Crippen MR) is 40.0 cm³/mol. The average Bonchev–Trinajstić information content (AvgIpc) is 2.34. The Hall–Kier alpha value is -1.30. The highest BCUT2D eigenvalue weighted by Gasteiger charge is 2.30. The van der Waals surface area contributed by atoms with Crippen LogP contribution in [0.15, 0.2) is 5.16 Å². The Bertz CT molecular complexity index is 216. The topological polar surface area (TPSA) is 82.4 Å². The largest absolute Gasteiger partial charge is 0.465 e. The predicted octanol–water partition coefficient (Wildman–Crippen LogP) is -0.657. The molecule has 0 saturated carbocycles. The molecule has 1 unspecified atom stereocenters. The van der Waals surface area contributed by atoms with E-state index in [-0.39, 0.29) is 13.1 Å². The van der Waals surface area contributed by atoms with Crippen molar-refractivity contribution >= 4 is 11.8 Å². The van der Waals surface area contributed by atoms with Crippen LogP contribution in [0.5, 0.6) is 0 Å². The van der Waals surface area contributed by atoms with Gasteiger partial charge in [0.1, 0.15) is 18.9 Å². The summed E-state index contributed by atoms with van der Waals surface area (Å²) >= 11 is 0. The minimum absolute atomic E-state index is 0.0670. The van der Waals surface area contributed by atoms with Crippen LogP contribution in [0.4, 0.5) is 4.79 Å². The monoisotopic (exact) mass is 174 g/mol. The van der Waals surface area contributed by atoms with Gasteiger partial charge in [-0.05, 0) is 0 Å². The van der Waals surface area contributed by atoms with Crippen molar-refractivity contribution in [1.29, 1.82) is 0 Å². The van der Waals surface area contributed by atoms with Crippen molar-refractivity contribution in [2.45, 2.75) is 6.10 Å². The number of rotatable bonds is 1. The van der Waals surface area contributed by atoms with Gasteiger partial charge in [-0.25, -0.2) is 4.79 Å². The molecular formula is C6H10N2O4. The molecule has 0 aromatic heterocycles. The Balaban J connectivity index is 2.62. The van der Waals surface area contributed by atoms with E-state index in [1.54, 1.807) is 0 Å². The van der Waals surface area contributed by atoms with Crippen LogP contribution in [-0.4, -0.2) is 53.2 Å². The van der Waals surface area contributed by atoms with Gasteiger partial charge >= 0.3 is 6.09 Å². The molecule has 0 radical (unpaired) electrons. The Morgan fingerprint density at radius 3 is 2.92 bits per heavy atom. The normalized spacial score (nSPS) is 26.3. The highest BCUT2D eigenvalue weighted by Crippen LogP contribution is 2.07. The second-order valence-corrected chi connectivity index (χ2v) is 2.44. The van der Waals surface area contributed by atoms with Crippen LogP contribution in [0, 0.1) is 0 Å². The van der Waals surface area contributed by atoms with Crippen molar-refractivity contribution in [3.8, 4) is 0 Å². The zero-order valence-corrected chi connectivity index (χ0v) is 6.60. The summed E-state index contributed by atoms with van der Waals surface area (Å²) in [7, 11) is 1.35. The van der Waals surface area contributed by atoms with E-state index in [0.717, 1.165) is 4.90 Å². The Kier molecular flexibility index (Phi) is 2.49. The molecule has 0 aromatic rings. The summed E-state index contributed by atoms with van der Waals surface area (Å²) in [5, 5.41) is 21.3. The molecule has 1 atom stereocenters. The van der Waals surface area contributed by atoms with E-state index in [1.807, 2.05) is 0 Å². The molecule has 1 heterocycles. The lowest BCUT2D eigenvalue weighted by Crippen LogP contribution is -2.27. The number of carboxylic acid groups (broad SMARTS) is 1. The summed E-state index contributed by atoms with van der Waals surface area (Å²) in [5.74, 6) is 0. The molecule has 1 fully saturated rings. The highest BCUT2D eigenvalue weighted by atomic mass is 16.6. The van der Waals surface area contributed by atoms with E-state index in [2.05, 4.69) is 9.99 Å². The first-order valence-electron chi connectivity index (χ1n) is 3.41. The number of hydrogen-bond donors (Lipinski definition) is 2. The molecule has 68 valence electrons. The maximum absolute atomic E-state index is 10.4. The molecule has 0 spiro atoms. The first-order valence-corrected chi connectivity index (χ1v) is 3.41. The number of oxime groups is 1. The lowest BCUT2D eigenvalue weighted by molar-refractivity contribution is 0.142. The maximum atomic E-state index is 10.4. The molecule has 1 aliphatic heterocycles. The van der Waals surface area contributed by atoms with Gasteiger partial charge in [-0.2, -0.15) is 0 Å². The van der Waals surface area contributed by atoms with Gasteiger partial charge in [0.05, 0.1) is 13.1 Å². The molecule has 12 heavy (non-hydrogen) atoms. The number of aliphatic hydroxyl groups is 1. The Labute approximate surface area is 69.0 Å². The molecule has 0 aromatic carbocycles. The lowest BCUT2D eigenvalue weighted by atomic mass is 10.3. The standard InChI is InChI=1S/C6H10N2O4/c1-12-7-4-2-8(6(10)11)3-5(4)9/h5,9H,2-3H2,1H3,(H,10,11). The minimum atomic E-state index is -1.06. The first-order chi connectivity index (χ1) is 5.65. The van der Waals surface area contributed by atoms with Gasteiger partial charge in [-0.1, -0.05) is 5.16 Å². The summed E-state index contributed by atoms with van der Waals surface area (Å²) in [5.41, 5.74) is 0.347. The number of amides is 1. The van der Waals surface area contributed by atoms with E-state index in [9.17, 15) is 9.90 Å². The molecule has 1 aliphatic rings. The third-order valence-corrected chi connectivity index (χ3v) is 1.61. The van der Waals surface area contributed by atoms with Crippen LogP contribution in [0.25, 0.3) is 0 Å². The fourth-order valence-electron chi connectivity index (χ4n) is 1.03. The van der Waals surface area contributed by atoms with Crippen LogP contribution in [-0.2, 0) is 4.84 Å². The van der Waals surface area contributed by atoms with E-state index in [4.69, 9.17) is 5.11 Å². The van der Waals surface area contributed by atoms with E-state index >= 15 is 0 Å². The van der Waals surface area contributed by atoms with Crippen molar-refractivity contribution in [3.63, 3.8) is 0 Å². The van der Waals surface area contributed by atoms with E-state index in [1.165, 1.54) is 7.11 Å². The summed E-state index contributed by atoms with van der Waals surface area (Å²) < 4.78 is 0. The quantitative estimate of drug-likeness (QED) is 0.517. The molecule has 0 aliphatic carbocycles. The van der Waals surface area contributed by atoms with Gasteiger partial charge in [0.25, 0.3) is 0 Å². The van der Waals surface area contributed by atoms with Gasteiger partial charge in [0.2, 0.25) is 0 Å². The molecule has 1 saturated heterocycles. The molecule has 6 heteroatoms. The van der Waals surface area contributed by atoms with Crippen LogP contribution in [0.3, 0.4) is 0 Å². The molecule has 1 amide bonds. The molecule has 0 bridgehead atoms. The van der Waals surface area contributed by atoms with Gasteiger partial charge in [-0.15, -0.1) is 0 Å². The Morgan fingerprint density at radius 1 is 1.83 bits per heavy atom. The molecule has 6 nitrogen and oxygen atoms in total. The lowest BCUT2D eigenvalue weighted by Gasteiger charge is -2.07. The van der Waals surface area contributed by atoms with Crippen molar-refractivity contribution < 1.29 is 19.8 Å². The zero-order chi connectivity index (χ0) is 9.14. The third-order valence-electron chi connectivity index (χ3n) is 1.61. The van der Waals surface area contributed by atoms with Crippen molar-refractivity contribution in [2.75, 3.05) is 20.2 Å². The Morgan fingerprint density at radius 2 is 2.50 bits per heavy atom. The SMILES string of the molecule is CON=C1CN(C(=O)O)CC1O. The minimum Gasteiger partial charge on any atom is -0.465 e. The second kappa shape index (κ2) is 3.40. The van der Waals surface area contributed by atoms with Gasteiger partial charge in [0.15, 0.2) is 0 Å². The third kappa shape index (κ3) is 1.65. The van der Waals surface area contributed by atoms with Gasteiger partial charge in [0, 0.05) is 0 Å². The average molecular weight is 174 g/mol. The van der Waals surface area contributed by atoms with Gasteiger partial charge in [-0.3, -0.25) is 4.90 Å². The van der Waals surface area contributed by atoms with E-state index < -0.39 is 12.2 Å². The van der Waals surface area contributed by atoms with Gasteiger partial charge < -0.3 is 15.1 Å². The number of aliphatic hydroxyl groups excluding tert-OH is 1. The van der Waals surface area contributed by atoms with Crippen LogP contribution in [0.1, 0.15) is 0 Å². The molecular weight excluding hydrogens is 164 g/mol. The summed E-state index contributed by atoms with van der Waals surface area (Å²) in [6.07, 6.45) is -1.89. The number of β-amino-alcohol motifs (C(OH)–C–C–N with tert-alkyl or cyclic N) is 1. The number of nitrogens with zero attached hydrogens (tertiary/aromatic N) is 2. The van der Waals surface area contributed by atoms with Crippen molar-refractivity contribution in [3.05, 3.63) is 0 Å². The summed E-state index contributed by atoms with van der Waals surface area (Å²) in [6, 6.07) is 0. The number of carbonyl (C=O) groups is 1. The van der Waals surface area contributed by atoms with E-state index in [0.29, 0.717) is 5.71 Å². The van der Waals surface area contributed by atoms with Crippen LogP contribution in [0.2, 0.25) is 0 Å². The van der Waals surface area contributed by atoms with Crippen molar-refractivity contribution in [2.24, 2.45) is 5.16 Å². The summed E-state index contributed by atoms with van der Waals surface area (Å²) in [6.45, 7) is 0.182. The number of hydrogen-bond acceptors (Lipinski definition) is 4. The fourth-order valence-corrected chi connectivity index (χ4v) is 1.03. The maximum Gasteiger partial charge on any atom is 0.407 e. The summed E-state index contributed by atoms with van der Waals surface area (Å²) in [4.78, 5) is 15.9. The molecule has 2 N–H and O–H groups in total. The second-order valence-electron chi connectivity index (χ2n) is 2.44. The zero-order valence-electron chi connectivity index (χ0n) is 6.60. The van der Waals surface area contributed by atoms with Crippen molar-refractivity contribution in [1.82, 2.24) is 4.90 Å². The smallest absolute Gasteiger partial charge is 0.407 e. The first kappa shape index (κ1) is 8.79. The van der Waals surface area contributed by atoms with Crippen LogP contribution >= 0.6 is 0 Å².